The maximum absolute atomic E-state index is 9.36. The number of rotatable bonds is 6. The quantitative estimate of drug-likeness (QED) is 0.724. The van der Waals surface area contributed by atoms with Crippen molar-refractivity contribution in [3.8, 4) is 0 Å². The van der Waals surface area contributed by atoms with Gasteiger partial charge >= 0.3 is 0 Å². The first-order valence-corrected chi connectivity index (χ1v) is 6.43. The van der Waals surface area contributed by atoms with Gasteiger partial charge in [-0.05, 0) is 20.3 Å². The zero-order valence-electron chi connectivity index (χ0n) is 11.9. The average molecular weight is 252 g/mol. The van der Waals surface area contributed by atoms with E-state index in [0.29, 0.717) is 6.42 Å². The lowest BCUT2D eigenvalue weighted by Gasteiger charge is -2.17. The molecule has 102 valence electrons. The molecule has 0 aliphatic carbocycles. The highest BCUT2D eigenvalue weighted by Gasteiger charge is 2.10. The molecular weight excluding hydrogens is 228 g/mol. The van der Waals surface area contributed by atoms with Gasteiger partial charge in [-0.2, -0.15) is 0 Å². The third kappa shape index (κ3) is 4.49. The van der Waals surface area contributed by atoms with Crippen molar-refractivity contribution in [2.45, 2.75) is 52.2 Å². The van der Waals surface area contributed by atoms with Crippen molar-refractivity contribution in [2.24, 2.45) is 0 Å². The van der Waals surface area contributed by atoms with E-state index in [0.717, 1.165) is 17.5 Å². The van der Waals surface area contributed by atoms with Gasteiger partial charge in [-0.25, -0.2) is 9.97 Å². The molecule has 1 aromatic rings. The van der Waals surface area contributed by atoms with Crippen LogP contribution in [-0.2, 0) is 0 Å². The van der Waals surface area contributed by atoms with Crippen molar-refractivity contribution in [2.75, 3.05) is 17.7 Å². The Hall–Kier alpha value is -1.36. The van der Waals surface area contributed by atoms with Crippen molar-refractivity contribution in [3.05, 3.63) is 11.9 Å². The molecule has 0 fully saturated rings. The van der Waals surface area contributed by atoms with Gasteiger partial charge in [-0.1, -0.05) is 13.8 Å². The van der Waals surface area contributed by atoms with Crippen molar-refractivity contribution < 1.29 is 5.11 Å². The summed E-state index contributed by atoms with van der Waals surface area (Å²) in [4.78, 5) is 8.89. The number of aromatic nitrogens is 2. The monoisotopic (exact) mass is 252 g/mol. The molecule has 0 radical (unpaired) electrons. The van der Waals surface area contributed by atoms with Crippen LogP contribution in [0, 0.1) is 0 Å². The van der Waals surface area contributed by atoms with Crippen LogP contribution in [0.3, 0.4) is 0 Å². The van der Waals surface area contributed by atoms with Crippen molar-refractivity contribution >= 4 is 11.6 Å². The van der Waals surface area contributed by atoms with Crippen LogP contribution >= 0.6 is 0 Å². The van der Waals surface area contributed by atoms with E-state index >= 15 is 0 Å². The molecule has 5 heteroatoms. The largest absolute Gasteiger partial charge is 0.393 e. The second kappa shape index (κ2) is 6.54. The summed E-state index contributed by atoms with van der Waals surface area (Å²) in [5.74, 6) is 2.70. The molecule has 0 spiro atoms. The Morgan fingerprint density at radius 2 is 1.78 bits per heavy atom. The zero-order chi connectivity index (χ0) is 13.7. The summed E-state index contributed by atoms with van der Waals surface area (Å²) < 4.78 is 0. The van der Waals surface area contributed by atoms with Crippen molar-refractivity contribution in [1.29, 1.82) is 0 Å². The topological polar surface area (TPSA) is 70.1 Å². The molecule has 0 bridgehead atoms. The molecule has 0 aliphatic rings. The average Bonchev–Trinajstić information content (AvgIpc) is 2.27. The molecule has 0 saturated carbocycles. The van der Waals surface area contributed by atoms with Crippen LogP contribution in [0.2, 0.25) is 0 Å². The van der Waals surface area contributed by atoms with E-state index in [1.165, 1.54) is 0 Å². The maximum atomic E-state index is 9.36. The van der Waals surface area contributed by atoms with Crippen LogP contribution in [-0.4, -0.2) is 34.3 Å². The SMILES string of the molecule is CNc1cc(NC(C)CC(C)O)nc(C(C)C)n1. The van der Waals surface area contributed by atoms with Gasteiger partial charge in [0.25, 0.3) is 0 Å². The first-order valence-electron chi connectivity index (χ1n) is 6.43. The molecule has 0 saturated heterocycles. The normalized spacial score (nSPS) is 14.4. The molecule has 1 aromatic heterocycles. The Kier molecular flexibility index (Phi) is 5.34. The summed E-state index contributed by atoms with van der Waals surface area (Å²) in [5, 5.41) is 15.7. The van der Waals surface area contributed by atoms with Gasteiger partial charge in [0.15, 0.2) is 0 Å². The molecular formula is C13H24N4O. The highest BCUT2D eigenvalue weighted by molar-refractivity contribution is 5.47. The van der Waals surface area contributed by atoms with Crippen LogP contribution < -0.4 is 10.6 Å². The molecule has 2 atom stereocenters. The third-order valence-electron chi connectivity index (χ3n) is 2.60. The van der Waals surface area contributed by atoms with Gasteiger partial charge in [0.2, 0.25) is 0 Å². The summed E-state index contributed by atoms with van der Waals surface area (Å²) >= 11 is 0. The fraction of sp³-hybridized carbons (Fsp3) is 0.692. The van der Waals surface area contributed by atoms with E-state index < -0.39 is 0 Å². The second-order valence-electron chi connectivity index (χ2n) is 5.03. The number of nitrogens with one attached hydrogen (secondary N) is 2. The molecule has 1 heterocycles. The Morgan fingerprint density at radius 1 is 1.17 bits per heavy atom. The minimum atomic E-state index is -0.317. The Morgan fingerprint density at radius 3 is 2.28 bits per heavy atom. The molecule has 0 aromatic carbocycles. The number of anilines is 2. The van der Waals surface area contributed by atoms with Crippen LogP contribution in [0.1, 0.15) is 45.9 Å². The lowest BCUT2D eigenvalue weighted by atomic mass is 10.1. The van der Waals surface area contributed by atoms with Crippen molar-refractivity contribution in [3.63, 3.8) is 0 Å². The number of aliphatic hydroxyl groups excluding tert-OH is 1. The summed E-state index contributed by atoms with van der Waals surface area (Å²) in [6.45, 7) is 7.95. The lowest BCUT2D eigenvalue weighted by Crippen LogP contribution is -2.21. The first kappa shape index (κ1) is 14.7. The molecule has 18 heavy (non-hydrogen) atoms. The number of hydrogen-bond acceptors (Lipinski definition) is 5. The Labute approximate surface area is 109 Å². The highest BCUT2D eigenvalue weighted by Crippen LogP contribution is 2.17. The van der Waals surface area contributed by atoms with Crippen LogP contribution in [0.15, 0.2) is 6.07 Å². The molecule has 1 rings (SSSR count). The summed E-state index contributed by atoms with van der Waals surface area (Å²) in [7, 11) is 1.84. The van der Waals surface area contributed by atoms with Gasteiger partial charge < -0.3 is 15.7 Å². The van der Waals surface area contributed by atoms with Crippen LogP contribution in [0.25, 0.3) is 0 Å². The Bertz CT molecular complexity index is 379. The van der Waals surface area contributed by atoms with Gasteiger partial charge in [-0.3, -0.25) is 0 Å². The van der Waals surface area contributed by atoms with Gasteiger partial charge in [0, 0.05) is 25.1 Å². The lowest BCUT2D eigenvalue weighted by molar-refractivity contribution is 0.179. The van der Waals surface area contributed by atoms with Crippen molar-refractivity contribution in [1.82, 2.24) is 9.97 Å². The minimum absolute atomic E-state index is 0.171. The minimum Gasteiger partial charge on any atom is -0.393 e. The van der Waals surface area contributed by atoms with Gasteiger partial charge in [0.1, 0.15) is 17.5 Å². The van der Waals surface area contributed by atoms with E-state index in [2.05, 4.69) is 34.4 Å². The van der Waals surface area contributed by atoms with E-state index in [9.17, 15) is 5.11 Å². The van der Waals surface area contributed by atoms with Gasteiger partial charge in [0.05, 0.1) is 6.10 Å². The standard InChI is InChI=1S/C13H24N4O/c1-8(2)13-16-11(14-5)7-12(17-13)15-9(3)6-10(4)18/h7-10,18H,6H2,1-5H3,(H2,14,15,16,17). The molecule has 5 nitrogen and oxygen atoms in total. The summed E-state index contributed by atoms with van der Waals surface area (Å²) in [6, 6.07) is 2.05. The molecule has 3 N–H and O–H groups in total. The molecule has 0 aliphatic heterocycles. The maximum Gasteiger partial charge on any atom is 0.135 e. The molecule has 0 amide bonds. The van der Waals surface area contributed by atoms with E-state index in [1.54, 1.807) is 6.92 Å². The number of hydrogen-bond donors (Lipinski definition) is 3. The van der Waals surface area contributed by atoms with Crippen LogP contribution in [0.4, 0.5) is 11.6 Å². The summed E-state index contributed by atoms with van der Waals surface area (Å²) in [6.07, 6.45) is 0.373. The Balaban J connectivity index is 2.84. The molecule has 2 unspecified atom stereocenters. The predicted molar refractivity (Wildman–Crippen MR) is 75.1 cm³/mol. The highest BCUT2D eigenvalue weighted by atomic mass is 16.3. The van der Waals surface area contributed by atoms with E-state index in [4.69, 9.17) is 0 Å². The third-order valence-corrected chi connectivity index (χ3v) is 2.60. The van der Waals surface area contributed by atoms with E-state index in [-0.39, 0.29) is 18.1 Å². The van der Waals surface area contributed by atoms with Gasteiger partial charge in [-0.15, -0.1) is 0 Å². The smallest absolute Gasteiger partial charge is 0.135 e. The van der Waals surface area contributed by atoms with E-state index in [1.807, 2.05) is 20.0 Å². The predicted octanol–water partition coefficient (Wildman–Crippen LogP) is 2.21. The number of nitrogens with zero attached hydrogens (tertiary/aromatic N) is 2. The zero-order valence-corrected chi connectivity index (χ0v) is 11.9. The number of aliphatic hydroxyl groups is 1. The first-order chi connectivity index (χ1) is 8.42. The summed E-state index contributed by atoms with van der Waals surface area (Å²) in [5.41, 5.74) is 0. The fourth-order valence-corrected chi connectivity index (χ4v) is 1.75. The van der Waals surface area contributed by atoms with Crippen LogP contribution in [0.5, 0.6) is 0 Å². The second-order valence-corrected chi connectivity index (χ2v) is 5.03. The fourth-order valence-electron chi connectivity index (χ4n) is 1.75.